The summed E-state index contributed by atoms with van der Waals surface area (Å²) < 4.78 is 59.1. The first-order valence-electron chi connectivity index (χ1n) is 22.0. The van der Waals surface area contributed by atoms with E-state index in [1.807, 2.05) is 54.6 Å². The number of rotatable bonds is 15. The summed E-state index contributed by atoms with van der Waals surface area (Å²) in [5, 5.41) is 30.7. The third kappa shape index (κ3) is 11.3. The number of anilines is 2. The molecule has 7 aromatic carbocycles. The van der Waals surface area contributed by atoms with Gasteiger partial charge >= 0.3 is 0 Å². The topological polar surface area (TPSA) is 111 Å². The lowest BCUT2D eigenvalue weighted by Gasteiger charge is -2.48. The molecule has 9 rings (SSSR count). The van der Waals surface area contributed by atoms with Crippen LogP contribution < -0.4 is 14.5 Å². The molecule has 3 N–H and O–H groups in total. The monoisotopic (exact) mass is 924 g/mol. The van der Waals surface area contributed by atoms with Gasteiger partial charge in [-0.3, -0.25) is 9.59 Å². The van der Waals surface area contributed by atoms with E-state index in [9.17, 15) is 42.5 Å². The minimum atomic E-state index is -0.807. The number of aromatic hydroxyl groups is 1. The standard InChI is InChI=1S/C31H27F2NO3.C24H21F2NO3.CH4/c32-24-10-6-22(7-11-24)29(35)19-18-28-30(34(31(28)36)26-14-12-25(33)13-15-26)23-8-16-27(17-9-23)37-20-21-4-2-1-3-5-21;25-17-5-1-15(2-6-17)22(29)14-13-21-23(16-3-11-20(28)12-4-16)27(24(21)30)19-9-7-18(26)8-10-19;/h1-17,28-30,35H,18-20H2;1-12,21-23,28-29H,13-14H2;1H4/t28-,29+,30-;21-,22+,23-;/m11./s1. The number of nitrogens with zero attached hydrogens (tertiary/aromatic N) is 2. The van der Waals surface area contributed by atoms with Crippen LogP contribution >= 0.6 is 0 Å². The summed E-state index contributed by atoms with van der Waals surface area (Å²) in [6.07, 6.45) is -0.0319. The molecule has 8 nitrogen and oxygen atoms in total. The molecule has 7 aromatic rings. The van der Waals surface area contributed by atoms with Crippen molar-refractivity contribution in [2.75, 3.05) is 9.80 Å². The minimum absolute atomic E-state index is 0. The first kappa shape index (κ1) is 48.6. The van der Waals surface area contributed by atoms with Crippen molar-refractivity contribution >= 4 is 23.2 Å². The number of aliphatic hydroxyl groups is 2. The molecular weight excluding hydrogens is 873 g/mol. The summed E-state index contributed by atoms with van der Waals surface area (Å²) >= 11 is 0. The van der Waals surface area contributed by atoms with Crippen LogP contribution in [0.2, 0.25) is 0 Å². The van der Waals surface area contributed by atoms with Gasteiger partial charge in [0.1, 0.15) is 41.4 Å². The Bertz CT molecular complexity index is 2730. The van der Waals surface area contributed by atoms with Crippen molar-refractivity contribution < 1.29 is 47.2 Å². The van der Waals surface area contributed by atoms with Gasteiger partial charge in [0.2, 0.25) is 11.8 Å². The second kappa shape index (κ2) is 22.0. The van der Waals surface area contributed by atoms with Crippen LogP contribution in [0.5, 0.6) is 11.5 Å². The van der Waals surface area contributed by atoms with Crippen molar-refractivity contribution in [1.82, 2.24) is 0 Å². The third-order valence-electron chi connectivity index (χ3n) is 12.4. The summed E-state index contributed by atoms with van der Waals surface area (Å²) in [5.41, 5.74) is 5.26. The third-order valence-corrected chi connectivity index (χ3v) is 12.4. The van der Waals surface area contributed by atoms with E-state index in [2.05, 4.69) is 0 Å². The molecule has 2 aliphatic heterocycles. The van der Waals surface area contributed by atoms with Gasteiger partial charge in [0.25, 0.3) is 0 Å². The van der Waals surface area contributed by atoms with Crippen molar-refractivity contribution in [1.29, 1.82) is 0 Å². The number of carbonyl (C=O) groups excluding carboxylic acids is 2. The fourth-order valence-electron chi connectivity index (χ4n) is 8.75. The molecule has 0 aliphatic carbocycles. The summed E-state index contributed by atoms with van der Waals surface area (Å²) in [7, 11) is 0. The molecule has 2 fully saturated rings. The predicted molar refractivity (Wildman–Crippen MR) is 253 cm³/mol. The van der Waals surface area contributed by atoms with Gasteiger partial charge in [-0.25, -0.2) is 17.6 Å². The molecule has 68 heavy (non-hydrogen) atoms. The van der Waals surface area contributed by atoms with Crippen LogP contribution in [0.4, 0.5) is 28.9 Å². The summed E-state index contributed by atoms with van der Waals surface area (Å²) in [6, 6.07) is 46.6. The van der Waals surface area contributed by atoms with Gasteiger partial charge < -0.3 is 29.9 Å². The Kier molecular flexibility index (Phi) is 15.7. The highest BCUT2D eigenvalue weighted by atomic mass is 19.1. The molecule has 12 heteroatoms. The molecule has 2 heterocycles. The first-order chi connectivity index (χ1) is 32.4. The maximum absolute atomic E-state index is 13.5. The number of β-lactam (4-membered cyclic amide) rings is 2. The Morgan fingerprint density at radius 1 is 0.485 bits per heavy atom. The second-order valence-electron chi connectivity index (χ2n) is 16.7. The van der Waals surface area contributed by atoms with Gasteiger partial charge in [-0.05, 0) is 151 Å². The maximum Gasteiger partial charge on any atom is 0.233 e. The normalized spacial score (nSPS) is 18.3. The molecule has 0 bridgehead atoms. The number of ether oxygens (including phenoxy) is 1. The molecule has 0 aromatic heterocycles. The van der Waals surface area contributed by atoms with Crippen LogP contribution in [0.25, 0.3) is 0 Å². The van der Waals surface area contributed by atoms with Crippen molar-refractivity contribution in [2.24, 2.45) is 11.8 Å². The van der Waals surface area contributed by atoms with Gasteiger partial charge in [0.05, 0.1) is 36.1 Å². The van der Waals surface area contributed by atoms with Crippen LogP contribution in [-0.2, 0) is 16.2 Å². The molecule has 2 saturated heterocycles. The van der Waals surface area contributed by atoms with Gasteiger partial charge in [-0.15, -0.1) is 0 Å². The molecule has 0 radical (unpaired) electrons. The van der Waals surface area contributed by atoms with E-state index in [-0.39, 0.29) is 72.2 Å². The highest BCUT2D eigenvalue weighted by Crippen LogP contribution is 2.48. The van der Waals surface area contributed by atoms with Crippen LogP contribution in [0.3, 0.4) is 0 Å². The molecule has 350 valence electrons. The Morgan fingerprint density at radius 2 is 0.853 bits per heavy atom. The first-order valence-corrected chi connectivity index (χ1v) is 22.0. The summed E-state index contributed by atoms with van der Waals surface area (Å²) in [4.78, 5) is 29.5. The zero-order chi connectivity index (χ0) is 47.0. The smallest absolute Gasteiger partial charge is 0.233 e. The number of hydrogen-bond acceptors (Lipinski definition) is 6. The van der Waals surface area contributed by atoms with Crippen LogP contribution in [-0.4, -0.2) is 27.1 Å². The number of carbonyl (C=O) groups is 2. The van der Waals surface area contributed by atoms with E-state index >= 15 is 0 Å². The summed E-state index contributed by atoms with van der Waals surface area (Å²) in [6.45, 7) is 0.452. The van der Waals surface area contributed by atoms with E-state index in [4.69, 9.17) is 4.74 Å². The van der Waals surface area contributed by atoms with E-state index in [1.165, 1.54) is 60.7 Å². The number of halogens is 4. The number of hydrogen-bond donors (Lipinski definition) is 3. The van der Waals surface area contributed by atoms with Crippen molar-refractivity contribution in [3.05, 3.63) is 227 Å². The maximum atomic E-state index is 13.5. The Hall–Kier alpha value is -7.28. The quantitative estimate of drug-likeness (QED) is 0.0698. The number of benzene rings is 7. The zero-order valence-corrected chi connectivity index (χ0v) is 36.2. The van der Waals surface area contributed by atoms with Crippen LogP contribution in [0.1, 0.15) is 85.2 Å². The van der Waals surface area contributed by atoms with Gasteiger partial charge in [0, 0.05) is 11.4 Å². The lowest BCUT2D eigenvalue weighted by Crippen LogP contribution is -2.55. The highest BCUT2D eigenvalue weighted by Gasteiger charge is 2.49. The molecule has 0 unspecified atom stereocenters. The van der Waals surface area contributed by atoms with E-state index in [0.717, 1.165) is 22.4 Å². The number of aliphatic hydroxyl groups excluding tert-OH is 2. The van der Waals surface area contributed by atoms with Crippen molar-refractivity contribution in [3.63, 3.8) is 0 Å². The molecule has 0 spiro atoms. The number of phenols is 1. The Labute approximate surface area is 393 Å². The lowest BCUT2D eigenvalue weighted by molar-refractivity contribution is -0.131. The molecule has 0 saturated carbocycles. The minimum Gasteiger partial charge on any atom is -0.508 e. The van der Waals surface area contributed by atoms with Crippen LogP contribution in [0.15, 0.2) is 176 Å². The van der Waals surface area contributed by atoms with Gasteiger partial charge in [0.15, 0.2) is 0 Å². The van der Waals surface area contributed by atoms with Crippen molar-refractivity contribution in [2.45, 2.75) is 64.0 Å². The SMILES string of the molecule is C.O=C1[C@H](CC[C@H](O)c2ccc(F)cc2)[C@@H](c2ccc(O)cc2)N1c1ccc(F)cc1.O=C1[C@H](CC[C@H](O)c2ccc(F)cc2)[C@@H](c2ccc(OCc3ccccc3)cc2)N1c1ccc(F)cc1. The Morgan fingerprint density at radius 3 is 1.25 bits per heavy atom. The second-order valence-corrected chi connectivity index (χ2v) is 16.7. The average Bonchev–Trinajstić information content (AvgIpc) is 3.34. The highest BCUT2D eigenvalue weighted by molar-refractivity contribution is 6.04. The molecular formula is C56H52F4N2O6. The van der Waals surface area contributed by atoms with Crippen molar-refractivity contribution in [3.8, 4) is 11.5 Å². The number of phenolic OH excluding ortho intramolecular Hbond substituents is 1. The molecule has 2 amide bonds. The van der Waals surface area contributed by atoms with E-state index < -0.39 is 12.2 Å². The lowest BCUT2D eigenvalue weighted by atomic mass is 9.78. The largest absolute Gasteiger partial charge is 0.508 e. The predicted octanol–water partition coefficient (Wildman–Crippen LogP) is 12.3. The van der Waals surface area contributed by atoms with Crippen LogP contribution in [0, 0.1) is 35.1 Å². The Balaban J connectivity index is 0.000000203. The fraction of sp³-hybridized carbons (Fsp3) is 0.214. The van der Waals surface area contributed by atoms with Gasteiger partial charge in [-0.2, -0.15) is 0 Å². The molecule has 2 aliphatic rings. The van der Waals surface area contributed by atoms with E-state index in [1.54, 1.807) is 70.5 Å². The fourth-order valence-corrected chi connectivity index (χ4v) is 8.75. The molecule has 6 atom stereocenters. The number of amides is 2. The van der Waals surface area contributed by atoms with Gasteiger partial charge in [-0.1, -0.05) is 86.3 Å². The van der Waals surface area contributed by atoms with E-state index in [0.29, 0.717) is 54.8 Å². The average molecular weight is 925 g/mol. The summed E-state index contributed by atoms with van der Waals surface area (Å²) in [5.74, 6) is -1.54. The zero-order valence-electron chi connectivity index (χ0n) is 36.2.